The maximum atomic E-state index is 13.1. The summed E-state index contributed by atoms with van der Waals surface area (Å²) in [5.74, 6) is -0.0377. The third-order valence-corrected chi connectivity index (χ3v) is 3.66. The highest BCUT2D eigenvalue weighted by molar-refractivity contribution is 9.10. The van der Waals surface area contributed by atoms with Gasteiger partial charge in [-0.15, -0.1) is 0 Å². The Balaban J connectivity index is 2.38. The van der Waals surface area contributed by atoms with Crippen LogP contribution in [0.1, 0.15) is 27.9 Å². The molecule has 2 rings (SSSR count). The predicted octanol–water partition coefficient (Wildman–Crippen LogP) is 5.27. The normalized spacial score (nSPS) is 10.6. The van der Waals surface area contributed by atoms with Gasteiger partial charge in [0.1, 0.15) is 11.5 Å². The van der Waals surface area contributed by atoms with Gasteiger partial charge in [-0.05, 0) is 52.7 Å². The maximum Gasteiger partial charge on any atom is 0.337 e. The average molecular weight is 371 g/mol. The lowest BCUT2D eigenvalue weighted by Gasteiger charge is -2.14. The fourth-order valence-electron chi connectivity index (χ4n) is 1.92. The van der Waals surface area contributed by atoms with Crippen LogP contribution in [0.5, 0.6) is 11.5 Å². The van der Waals surface area contributed by atoms with E-state index in [1.807, 2.05) is 0 Å². The first-order chi connectivity index (χ1) is 10.4. The van der Waals surface area contributed by atoms with Crippen LogP contribution < -0.4 is 4.74 Å². The number of alkyl halides is 2. The van der Waals surface area contributed by atoms with E-state index in [9.17, 15) is 13.6 Å². The summed E-state index contributed by atoms with van der Waals surface area (Å²) < 4.78 is 36.9. The topological polar surface area (TPSA) is 35.5 Å². The summed E-state index contributed by atoms with van der Waals surface area (Å²) >= 11 is 3.27. The van der Waals surface area contributed by atoms with Gasteiger partial charge < -0.3 is 9.47 Å². The fourth-order valence-corrected chi connectivity index (χ4v) is 2.38. The molecule has 0 unspecified atom stereocenters. The molecule has 0 heterocycles. The van der Waals surface area contributed by atoms with Crippen molar-refractivity contribution >= 4 is 21.9 Å². The summed E-state index contributed by atoms with van der Waals surface area (Å²) in [5, 5.41) is 0. The lowest BCUT2D eigenvalue weighted by Crippen LogP contribution is -2.01. The number of carbonyl (C=O) groups excluding carboxylic acids is 1. The molecule has 0 atom stereocenters. The minimum atomic E-state index is -2.64. The van der Waals surface area contributed by atoms with Crippen molar-refractivity contribution in [1.82, 2.24) is 0 Å². The van der Waals surface area contributed by atoms with E-state index < -0.39 is 12.4 Å². The number of hydrogen-bond acceptors (Lipinski definition) is 3. The number of aryl methyl sites for hydroxylation is 1. The molecule has 0 aromatic heterocycles. The zero-order valence-corrected chi connectivity index (χ0v) is 13.5. The SMILES string of the molecule is COC(=O)c1ccc(Oc2c(C)cccc2C(F)F)c(Br)c1. The second-order valence-electron chi connectivity index (χ2n) is 4.53. The molecule has 0 amide bonds. The number of ether oxygens (including phenoxy) is 2. The minimum absolute atomic E-state index is 0.115. The smallest absolute Gasteiger partial charge is 0.337 e. The molecule has 0 aliphatic heterocycles. The van der Waals surface area contributed by atoms with E-state index >= 15 is 0 Å². The van der Waals surface area contributed by atoms with Gasteiger partial charge in [0, 0.05) is 0 Å². The Morgan fingerprint density at radius 2 is 1.95 bits per heavy atom. The molecule has 0 N–H and O–H groups in total. The Bertz CT molecular complexity index is 702. The molecule has 3 nitrogen and oxygen atoms in total. The molecule has 0 aliphatic rings. The van der Waals surface area contributed by atoms with Crippen LogP contribution in [-0.4, -0.2) is 13.1 Å². The highest BCUT2D eigenvalue weighted by Crippen LogP contribution is 2.37. The largest absolute Gasteiger partial charge is 0.465 e. The molecule has 22 heavy (non-hydrogen) atoms. The Morgan fingerprint density at radius 1 is 1.23 bits per heavy atom. The number of esters is 1. The second-order valence-corrected chi connectivity index (χ2v) is 5.39. The van der Waals surface area contributed by atoms with Crippen LogP contribution in [0.4, 0.5) is 8.78 Å². The molecule has 0 saturated heterocycles. The van der Waals surface area contributed by atoms with E-state index in [1.165, 1.54) is 31.4 Å². The zero-order valence-electron chi connectivity index (χ0n) is 11.9. The third kappa shape index (κ3) is 3.44. The van der Waals surface area contributed by atoms with Crippen LogP contribution >= 0.6 is 15.9 Å². The molecule has 0 saturated carbocycles. The Labute approximate surface area is 135 Å². The summed E-state index contributed by atoms with van der Waals surface area (Å²) in [6, 6.07) is 9.12. The summed E-state index contributed by atoms with van der Waals surface area (Å²) in [5.41, 5.74) is 0.756. The summed E-state index contributed by atoms with van der Waals surface area (Å²) in [6.07, 6.45) is -2.64. The van der Waals surface area contributed by atoms with Crippen LogP contribution in [0.15, 0.2) is 40.9 Å². The Hall–Kier alpha value is -1.95. The van der Waals surface area contributed by atoms with Gasteiger partial charge in [-0.25, -0.2) is 13.6 Å². The third-order valence-electron chi connectivity index (χ3n) is 3.04. The summed E-state index contributed by atoms with van der Waals surface area (Å²) in [4.78, 5) is 11.4. The van der Waals surface area contributed by atoms with Crippen LogP contribution in [0.3, 0.4) is 0 Å². The van der Waals surface area contributed by atoms with Gasteiger partial charge in [0.2, 0.25) is 0 Å². The molecule has 2 aromatic rings. The Kier molecular flexibility index (Phi) is 5.13. The molecule has 0 aliphatic carbocycles. The lowest BCUT2D eigenvalue weighted by molar-refractivity contribution is 0.0600. The first-order valence-electron chi connectivity index (χ1n) is 6.37. The quantitative estimate of drug-likeness (QED) is 0.687. The van der Waals surface area contributed by atoms with Crippen molar-refractivity contribution in [2.24, 2.45) is 0 Å². The van der Waals surface area contributed by atoms with E-state index in [1.54, 1.807) is 19.1 Å². The van der Waals surface area contributed by atoms with Crippen molar-refractivity contribution in [1.29, 1.82) is 0 Å². The second kappa shape index (κ2) is 6.87. The fraction of sp³-hybridized carbons (Fsp3) is 0.188. The van der Waals surface area contributed by atoms with E-state index in [0.717, 1.165) is 0 Å². The first-order valence-corrected chi connectivity index (χ1v) is 7.16. The average Bonchev–Trinajstić information content (AvgIpc) is 2.49. The van der Waals surface area contributed by atoms with Gasteiger partial charge >= 0.3 is 5.97 Å². The van der Waals surface area contributed by atoms with Gasteiger partial charge in [0.05, 0.1) is 22.7 Å². The number of halogens is 3. The number of para-hydroxylation sites is 1. The standard InChI is InChI=1S/C16H13BrF2O3/c1-9-4-3-5-11(15(18)19)14(9)22-13-7-6-10(8-12(13)17)16(20)21-2/h3-8,15H,1-2H3. The molecular weight excluding hydrogens is 358 g/mol. The highest BCUT2D eigenvalue weighted by atomic mass is 79.9. The molecule has 0 spiro atoms. The minimum Gasteiger partial charge on any atom is -0.465 e. The van der Waals surface area contributed by atoms with Crippen molar-refractivity contribution in [3.63, 3.8) is 0 Å². The molecule has 0 radical (unpaired) electrons. The van der Waals surface area contributed by atoms with E-state index in [-0.39, 0.29) is 11.3 Å². The number of hydrogen-bond donors (Lipinski definition) is 0. The molecule has 6 heteroatoms. The van der Waals surface area contributed by atoms with Crippen LogP contribution in [-0.2, 0) is 4.74 Å². The summed E-state index contributed by atoms with van der Waals surface area (Å²) in [7, 11) is 1.28. The number of carbonyl (C=O) groups is 1. The van der Waals surface area contributed by atoms with E-state index in [4.69, 9.17) is 4.74 Å². The molecule has 116 valence electrons. The number of methoxy groups -OCH3 is 1. The zero-order chi connectivity index (χ0) is 16.3. The summed E-state index contributed by atoms with van der Waals surface area (Å²) in [6.45, 7) is 1.69. The van der Waals surface area contributed by atoms with E-state index in [0.29, 0.717) is 21.3 Å². The van der Waals surface area contributed by atoms with Crippen molar-refractivity contribution in [2.45, 2.75) is 13.3 Å². The van der Waals surface area contributed by atoms with Crippen LogP contribution in [0.25, 0.3) is 0 Å². The van der Waals surface area contributed by atoms with Crippen molar-refractivity contribution in [3.8, 4) is 11.5 Å². The highest BCUT2D eigenvalue weighted by Gasteiger charge is 2.18. The molecular formula is C16H13BrF2O3. The van der Waals surface area contributed by atoms with E-state index in [2.05, 4.69) is 20.7 Å². The van der Waals surface area contributed by atoms with Gasteiger partial charge in [0.15, 0.2) is 0 Å². The van der Waals surface area contributed by atoms with Gasteiger partial charge in [0.25, 0.3) is 6.43 Å². The number of benzene rings is 2. The monoisotopic (exact) mass is 370 g/mol. The number of rotatable bonds is 4. The van der Waals surface area contributed by atoms with Crippen molar-refractivity contribution < 1.29 is 23.0 Å². The van der Waals surface area contributed by atoms with Crippen LogP contribution in [0, 0.1) is 6.92 Å². The first kappa shape index (κ1) is 16.4. The van der Waals surface area contributed by atoms with Crippen LogP contribution in [0.2, 0.25) is 0 Å². The maximum absolute atomic E-state index is 13.1. The molecule has 0 bridgehead atoms. The van der Waals surface area contributed by atoms with Gasteiger partial charge in [-0.2, -0.15) is 0 Å². The predicted molar refractivity (Wildman–Crippen MR) is 81.7 cm³/mol. The molecule has 2 aromatic carbocycles. The van der Waals surface area contributed by atoms with Gasteiger partial charge in [-0.3, -0.25) is 0 Å². The van der Waals surface area contributed by atoms with Crippen molar-refractivity contribution in [2.75, 3.05) is 7.11 Å². The Morgan fingerprint density at radius 3 is 2.55 bits per heavy atom. The molecule has 0 fully saturated rings. The van der Waals surface area contributed by atoms with Gasteiger partial charge in [-0.1, -0.05) is 12.1 Å². The van der Waals surface area contributed by atoms with Crippen molar-refractivity contribution in [3.05, 3.63) is 57.6 Å². The lowest BCUT2D eigenvalue weighted by atomic mass is 10.1.